The normalized spacial score (nSPS) is 14.1. The Balaban J connectivity index is 1.34. The van der Waals surface area contributed by atoms with Crippen LogP contribution < -0.4 is 0 Å². The van der Waals surface area contributed by atoms with Crippen molar-refractivity contribution in [2.75, 3.05) is 0 Å². The lowest BCUT2D eigenvalue weighted by Crippen LogP contribution is -2.14. The number of aromatic nitrogens is 3. The largest absolute Gasteiger partial charge is 0.291 e. The molecule has 0 spiro atoms. The summed E-state index contributed by atoms with van der Waals surface area (Å²) in [7, 11) is 0. The number of hydrogen-bond donors (Lipinski definition) is 0. The van der Waals surface area contributed by atoms with Crippen LogP contribution in [0.3, 0.4) is 0 Å². The van der Waals surface area contributed by atoms with Crippen molar-refractivity contribution < 1.29 is 0 Å². The summed E-state index contributed by atoms with van der Waals surface area (Å²) in [5.74, 6) is 0. The molecule has 0 saturated heterocycles. The van der Waals surface area contributed by atoms with Gasteiger partial charge in [0.2, 0.25) is 0 Å². The third-order valence-electron chi connectivity index (χ3n) is 9.66. The Morgan fingerprint density at radius 1 is 0.548 bits per heavy atom. The van der Waals surface area contributed by atoms with Crippen molar-refractivity contribution >= 4 is 60.2 Å². The SMILES string of the molecule is CC1(C)c2ccccc2-c2cc(-c3cc4c5cc6ccccc6cc5n5c6nc7ccccc7nc6c(c3)c45)ccc21. The van der Waals surface area contributed by atoms with Crippen LogP contribution in [-0.2, 0) is 5.41 Å². The molecule has 3 heteroatoms. The van der Waals surface area contributed by atoms with E-state index in [0.717, 1.165) is 27.6 Å². The molecule has 0 atom stereocenters. The van der Waals surface area contributed by atoms with Gasteiger partial charge >= 0.3 is 0 Å². The minimum Gasteiger partial charge on any atom is -0.291 e. The van der Waals surface area contributed by atoms with E-state index in [2.05, 4.69) is 121 Å². The van der Waals surface area contributed by atoms with Gasteiger partial charge in [0.05, 0.1) is 22.1 Å². The highest BCUT2D eigenvalue weighted by Gasteiger charge is 2.35. The third-order valence-corrected chi connectivity index (χ3v) is 9.66. The van der Waals surface area contributed by atoms with Gasteiger partial charge in [-0.15, -0.1) is 0 Å². The van der Waals surface area contributed by atoms with Crippen LogP contribution in [0.4, 0.5) is 0 Å². The number of benzene rings is 6. The van der Waals surface area contributed by atoms with E-state index < -0.39 is 0 Å². The van der Waals surface area contributed by atoms with Crippen LogP contribution in [0.1, 0.15) is 25.0 Å². The molecule has 1 aliphatic carbocycles. The highest BCUT2D eigenvalue weighted by atomic mass is 15.0. The van der Waals surface area contributed by atoms with Crippen molar-refractivity contribution in [3.05, 3.63) is 126 Å². The monoisotopic (exact) mass is 535 g/mol. The number of nitrogens with zero attached hydrogens (tertiary/aromatic N) is 3. The summed E-state index contributed by atoms with van der Waals surface area (Å²) in [6, 6.07) is 42.1. The average molecular weight is 536 g/mol. The molecule has 6 aromatic carbocycles. The number of rotatable bonds is 1. The zero-order chi connectivity index (χ0) is 27.7. The van der Waals surface area contributed by atoms with Gasteiger partial charge in [0, 0.05) is 21.6 Å². The smallest absolute Gasteiger partial charge is 0.165 e. The lowest BCUT2D eigenvalue weighted by molar-refractivity contribution is 0.660. The summed E-state index contributed by atoms with van der Waals surface area (Å²) in [4.78, 5) is 10.4. The summed E-state index contributed by atoms with van der Waals surface area (Å²) >= 11 is 0. The topological polar surface area (TPSA) is 30.2 Å². The van der Waals surface area contributed by atoms with E-state index in [1.165, 1.54) is 66.0 Å². The molecule has 0 radical (unpaired) electrons. The molecular formula is C39H25N3. The first-order chi connectivity index (χ1) is 20.6. The van der Waals surface area contributed by atoms with Crippen LogP contribution >= 0.6 is 0 Å². The molecular weight excluding hydrogens is 510 g/mol. The van der Waals surface area contributed by atoms with Gasteiger partial charge in [-0.25, -0.2) is 9.97 Å². The van der Waals surface area contributed by atoms with Crippen LogP contribution in [0, 0.1) is 0 Å². The third kappa shape index (κ3) is 2.71. The van der Waals surface area contributed by atoms with Gasteiger partial charge in [-0.05, 0) is 86.6 Å². The molecule has 0 saturated carbocycles. The maximum absolute atomic E-state index is 5.19. The maximum atomic E-state index is 5.19. The minimum absolute atomic E-state index is 0.00739. The molecule has 3 nitrogen and oxygen atoms in total. The fourth-order valence-electron chi connectivity index (χ4n) is 7.62. The Morgan fingerprint density at radius 3 is 2.10 bits per heavy atom. The van der Waals surface area contributed by atoms with Gasteiger partial charge in [0.15, 0.2) is 5.65 Å². The van der Waals surface area contributed by atoms with Crippen LogP contribution in [-0.4, -0.2) is 14.4 Å². The zero-order valence-corrected chi connectivity index (χ0v) is 23.3. The van der Waals surface area contributed by atoms with Gasteiger partial charge in [0.1, 0.15) is 5.52 Å². The van der Waals surface area contributed by atoms with E-state index in [-0.39, 0.29) is 5.41 Å². The summed E-state index contributed by atoms with van der Waals surface area (Å²) in [6.45, 7) is 4.67. The molecule has 10 rings (SSSR count). The number of hydrogen-bond acceptors (Lipinski definition) is 2. The molecule has 42 heavy (non-hydrogen) atoms. The summed E-state index contributed by atoms with van der Waals surface area (Å²) in [5, 5.41) is 6.12. The maximum Gasteiger partial charge on any atom is 0.165 e. The molecule has 9 aromatic rings. The molecule has 0 unspecified atom stereocenters. The second-order valence-corrected chi connectivity index (χ2v) is 12.3. The Morgan fingerprint density at radius 2 is 1.24 bits per heavy atom. The molecule has 0 bridgehead atoms. The van der Waals surface area contributed by atoms with E-state index in [4.69, 9.17) is 9.97 Å². The van der Waals surface area contributed by atoms with Crippen molar-refractivity contribution in [3.8, 4) is 22.3 Å². The van der Waals surface area contributed by atoms with Crippen molar-refractivity contribution in [1.29, 1.82) is 0 Å². The van der Waals surface area contributed by atoms with Gasteiger partial charge in [-0.2, -0.15) is 0 Å². The standard InChI is InChI=1S/C39H25N3/c1-39(2)31-12-6-5-11-26(31)27-17-24(15-16-32(27)39)25-19-29-28-18-22-9-3-4-10-23(22)21-35(28)42-37(29)30(20-25)36-38(42)41-34-14-8-7-13-33(34)40-36/h3-21H,1-2H3. The van der Waals surface area contributed by atoms with Crippen LogP contribution in [0.5, 0.6) is 0 Å². The first-order valence-corrected chi connectivity index (χ1v) is 14.6. The Hall–Kier alpha value is -5.28. The summed E-state index contributed by atoms with van der Waals surface area (Å²) in [6.07, 6.45) is 0. The molecule has 0 fully saturated rings. The van der Waals surface area contributed by atoms with Crippen LogP contribution in [0.25, 0.3) is 82.4 Å². The lowest BCUT2D eigenvalue weighted by atomic mass is 9.82. The second-order valence-electron chi connectivity index (χ2n) is 12.3. The van der Waals surface area contributed by atoms with E-state index in [9.17, 15) is 0 Å². The first-order valence-electron chi connectivity index (χ1n) is 14.6. The lowest BCUT2D eigenvalue weighted by Gasteiger charge is -2.21. The molecule has 3 aromatic heterocycles. The molecule has 0 aliphatic heterocycles. The van der Waals surface area contributed by atoms with Crippen molar-refractivity contribution in [1.82, 2.24) is 14.4 Å². The fourth-order valence-corrected chi connectivity index (χ4v) is 7.62. The molecule has 1 aliphatic rings. The minimum atomic E-state index is -0.00739. The van der Waals surface area contributed by atoms with Crippen LogP contribution in [0.15, 0.2) is 115 Å². The van der Waals surface area contributed by atoms with E-state index in [1.807, 2.05) is 12.1 Å². The van der Waals surface area contributed by atoms with E-state index >= 15 is 0 Å². The Labute approximate surface area is 242 Å². The molecule has 196 valence electrons. The Bertz CT molecular complexity index is 2480. The predicted molar refractivity (Wildman–Crippen MR) is 175 cm³/mol. The highest BCUT2D eigenvalue weighted by molar-refractivity contribution is 6.25. The quantitative estimate of drug-likeness (QED) is 0.209. The fraction of sp³-hybridized carbons (Fsp3) is 0.0769. The Kier molecular flexibility index (Phi) is 4.01. The first kappa shape index (κ1) is 22.4. The highest BCUT2D eigenvalue weighted by Crippen LogP contribution is 2.50. The average Bonchev–Trinajstić information content (AvgIpc) is 3.60. The molecule has 0 N–H and O–H groups in total. The van der Waals surface area contributed by atoms with E-state index in [0.29, 0.717) is 0 Å². The summed E-state index contributed by atoms with van der Waals surface area (Å²) in [5.41, 5.74) is 14.0. The molecule has 3 heterocycles. The van der Waals surface area contributed by atoms with Gasteiger partial charge in [0.25, 0.3) is 0 Å². The van der Waals surface area contributed by atoms with Crippen molar-refractivity contribution in [2.24, 2.45) is 0 Å². The zero-order valence-electron chi connectivity index (χ0n) is 23.3. The predicted octanol–water partition coefficient (Wildman–Crippen LogP) is 9.91. The van der Waals surface area contributed by atoms with Gasteiger partial charge in [-0.1, -0.05) is 86.6 Å². The number of para-hydroxylation sites is 2. The van der Waals surface area contributed by atoms with E-state index in [1.54, 1.807) is 0 Å². The second kappa shape index (κ2) is 7.51. The molecule has 0 amide bonds. The van der Waals surface area contributed by atoms with Crippen molar-refractivity contribution in [2.45, 2.75) is 19.3 Å². The van der Waals surface area contributed by atoms with Crippen LogP contribution in [0.2, 0.25) is 0 Å². The van der Waals surface area contributed by atoms with Gasteiger partial charge < -0.3 is 0 Å². The number of fused-ring (bicyclic) bond motifs is 11. The van der Waals surface area contributed by atoms with Gasteiger partial charge in [-0.3, -0.25) is 4.40 Å². The summed E-state index contributed by atoms with van der Waals surface area (Å²) < 4.78 is 2.34. The van der Waals surface area contributed by atoms with Crippen molar-refractivity contribution in [3.63, 3.8) is 0 Å².